The van der Waals surface area contributed by atoms with Crippen molar-refractivity contribution < 1.29 is 14.3 Å². The van der Waals surface area contributed by atoms with Crippen molar-refractivity contribution in [3.8, 4) is 0 Å². The van der Waals surface area contributed by atoms with E-state index < -0.39 is 0 Å². The SMILES string of the molecule is CC(C)C(=O)Sc1ccc(C(=O)NCC2CCCO2)c2cccnc12. The van der Waals surface area contributed by atoms with E-state index in [0.29, 0.717) is 17.6 Å². The van der Waals surface area contributed by atoms with Gasteiger partial charge in [0.05, 0.1) is 11.6 Å². The van der Waals surface area contributed by atoms with Crippen LogP contribution in [-0.2, 0) is 9.53 Å². The minimum absolute atomic E-state index is 0.0573. The van der Waals surface area contributed by atoms with Crippen LogP contribution in [0.2, 0.25) is 0 Å². The van der Waals surface area contributed by atoms with Crippen molar-refractivity contribution in [2.75, 3.05) is 13.2 Å². The van der Waals surface area contributed by atoms with Crippen LogP contribution in [-0.4, -0.2) is 35.3 Å². The standard InChI is InChI=1S/C19H22N2O3S/c1-12(2)19(23)25-16-8-7-15(14-6-3-9-20-17(14)16)18(22)21-11-13-5-4-10-24-13/h3,6-9,12-13H,4-5,10-11H2,1-2H3,(H,21,22). The number of ether oxygens (including phenoxy) is 1. The number of amides is 1. The average Bonchev–Trinajstić information content (AvgIpc) is 3.13. The van der Waals surface area contributed by atoms with Crippen LogP contribution in [0.4, 0.5) is 0 Å². The zero-order valence-corrected chi connectivity index (χ0v) is 15.3. The number of carbonyl (C=O) groups excluding carboxylic acids is 2. The Hall–Kier alpha value is -1.92. The van der Waals surface area contributed by atoms with E-state index in [9.17, 15) is 9.59 Å². The highest BCUT2D eigenvalue weighted by atomic mass is 32.2. The second kappa shape index (κ2) is 7.97. The maximum atomic E-state index is 12.6. The molecule has 1 amide bonds. The molecule has 1 N–H and O–H groups in total. The molecule has 0 radical (unpaired) electrons. The highest BCUT2D eigenvalue weighted by Gasteiger charge is 2.19. The third-order valence-corrected chi connectivity index (χ3v) is 5.40. The quantitative estimate of drug-likeness (QED) is 0.830. The Morgan fingerprint density at radius 2 is 2.20 bits per heavy atom. The number of thioether (sulfide) groups is 1. The van der Waals surface area contributed by atoms with E-state index in [2.05, 4.69) is 10.3 Å². The van der Waals surface area contributed by atoms with Crippen LogP contribution >= 0.6 is 11.8 Å². The molecule has 6 heteroatoms. The molecule has 1 atom stereocenters. The number of fused-ring (bicyclic) bond motifs is 1. The molecule has 0 saturated carbocycles. The van der Waals surface area contributed by atoms with Gasteiger partial charge >= 0.3 is 0 Å². The maximum Gasteiger partial charge on any atom is 0.252 e. The summed E-state index contributed by atoms with van der Waals surface area (Å²) in [5.74, 6) is -0.196. The van der Waals surface area contributed by atoms with Crippen LogP contribution in [0.15, 0.2) is 35.4 Å². The lowest BCUT2D eigenvalue weighted by molar-refractivity contribution is -0.113. The van der Waals surface area contributed by atoms with Crippen molar-refractivity contribution in [3.63, 3.8) is 0 Å². The van der Waals surface area contributed by atoms with Gasteiger partial charge in [-0.05, 0) is 42.8 Å². The van der Waals surface area contributed by atoms with Crippen LogP contribution in [0, 0.1) is 5.92 Å². The molecule has 0 aliphatic carbocycles. The van der Waals surface area contributed by atoms with Gasteiger partial charge in [-0.3, -0.25) is 14.6 Å². The number of hydrogen-bond donors (Lipinski definition) is 1. The second-order valence-electron chi connectivity index (χ2n) is 6.43. The van der Waals surface area contributed by atoms with Gasteiger partial charge in [0.15, 0.2) is 5.12 Å². The molecule has 5 nitrogen and oxygen atoms in total. The molecule has 1 fully saturated rings. The predicted octanol–water partition coefficient (Wildman–Crippen LogP) is 3.42. The molecule has 2 heterocycles. The van der Waals surface area contributed by atoms with E-state index in [1.54, 1.807) is 24.4 Å². The molecule has 0 bridgehead atoms. The van der Waals surface area contributed by atoms with Crippen LogP contribution in [0.1, 0.15) is 37.0 Å². The summed E-state index contributed by atoms with van der Waals surface area (Å²) >= 11 is 1.18. The normalized spacial score (nSPS) is 17.2. The Morgan fingerprint density at radius 3 is 2.92 bits per heavy atom. The van der Waals surface area contributed by atoms with Crippen molar-refractivity contribution >= 4 is 33.7 Å². The highest BCUT2D eigenvalue weighted by Crippen LogP contribution is 2.30. The van der Waals surface area contributed by atoms with Gasteiger partial charge in [-0.15, -0.1) is 0 Å². The first kappa shape index (κ1) is 17.9. The van der Waals surface area contributed by atoms with Crippen molar-refractivity contribution in [2.24, 2.45) is 5.92 Å². The van der Waals surface area contributed by atoms with E-state index in [1.807, 2.05) is 19.9 Å². The molecule has 1 unspecified atom stereocenters. The number of pyridine rings is 1. The lowest BCUT2D eigenvalue weighted by Gasteiger charge is -2.13. The average molecular weight is 358 g/mol. The van der Waals surface area contributed by atoms with Gasteiger partial charge in [0.1, 0.15) is 0 Å². The number of carbonyl (C=O) groups is 2. The fourth-order valence-corrected chi connectivity index (χ4v) is 3.61. The predicted molar refractivity (Wildman–Crippen MR) is 98.8 cm³/mol. The smallest absolute Gasteiger partial charge is 0.252 e. The molecule has 3 rings (SSSR count). The van der Waals surface area contributed by atoms with Gasteiger partial charge in [0.2, 0.25) is 0 Å². The van der Waals surface area contributed by atoms with Crippen molar-refractivity contribution in [1.82, 2.24) is 10.3 Å². The van der Waals surface area contributed by atoms with E-state index >= 15 is 0 Å². The first-order valence-electron chi connectivity index (χ1n) is 8.55. The molecule has 1 aliphatic rings. The minimum Gasteiger partial charge on any atom is -0.376 e. The number of aromatic nitrogens is 1. The number of hydrogen-bond acceptors (Lipinski definition) is 5. The fraction of sp³-hybridized carbons (Fsp3) is 0.421. The third-order valence-electron chi connectivity index (χ3n) is 4.17. The number of nitrogens with one attached hydrogen (secondary N) is 1. The first-order valence-corrected chi connectivity index (χ1v) is 9.37. The van der Waals surface area contributed by atoms with Gasteiger partial charge < -0.3 is 10.1 Å². The zero-order valence-electron chi connectivity index (χ0n) is 14.5. The summed E-state index contributed by atoms with van der Waals surface area (Å²) in [6.45, 7) is 5.03. The first-order chi connectivity index (χ1) is 12.1. The molecular formula is C19H22N2O3S. The van der Waals surface area contributed by atoms with Gasteiger partial charge in [-0.2, -0.15) is 0 Å². The van der Waals surface area contributed by atoms with E-state index in [0.717, 1.165) is 29.7 Å². The zero-order chi connectivity index (χ0) is 17.8. The Labute approximate surface area is 151 Å². The molecular weight excluding hydrogens is 336 g/mol. The largest absolute Gasteiger partial charge is 0.376 e. The molecule has 0 spiro atoms. The van der Waals surface area contributed by atoms with Crippen LogP contribution in [0.3, 0.4) is 0 Å². The van der Waals surface area contributed by atoms with E-state index in [1.165, 1.54) is 11.8 Å². The summed E-state index contributed by atoms with van der Waals surface area (Å²) < 4.78 is 5.54. The van der Waals surface area contributed by atoms with Crippen LogP contribution in [0.5, 0.6) is 0 Å². The fourth-order valence-electron chi connectivity index (χ4n) is 2.76. The molecule has 25 heavy (non-hydrogen) atoms. The van der Waals surface area contributed by atoms with Crippen molar-refractivity contribution in [3.05, 3.63) is 36.0 Å². The van der Waals surface area contributed by atoms with Gasteiger partial charge in [0.25, 0.3) is 5.91 Å². The Kier molecular flexibility index (Phi) is 5.71. The monoisotopic (exact) mass is 358 g/mol. The molecule has 1 saturated heterocycles. The molecule has 2 aromatic rings. The molecule has 1 aromatic carbocycles. The Morgan fingerprint density at radius 1 is 1.36 bits per heavy atom. The number of rotatable bonds is 5. The van der Waals surface area contributed by atoms with Crippen molar-refractivity contribution in [1.29, 1.82) is 0 Å². The van der Waals surface area contributed by atoms with E-state index in [4.69, 9.17) is 4.74 Å². The van der Waals surface area contributed by atoms with Gasteiger partial charge in [-0.25, -0.2) is 0 Å². The van der Waals surface area contributed by atoms with Crippen LogP contribution < -0.4 is 5.32 Å². The summed E-state index contributed by atoms with van der Waals surface area (Å²) in [6, 6.07) is 7.25. The summed E-state index contributed by atoms with van der Waals surface area (Å²) in [5, 5.41) is 3.79. The summed E-state index contributed by atoms with van der Waals surface area (Å²) in [6.07, 6.45) is 3.81. The third kappa shape index (κ3) is 4.19. The topological polar surface area (TPSA) is 68.3 Å². The number of benzene rings is 1. The molecule has 1 aromatic heterocycles. The lowest BCUT2D eigenvalue weighted by atomic mass is 10.1. The molecule has 1 aliphatic heterocycles. The second-order valence-corrected chi connectivity index (χ2v) is 7.48. The van der Waals surface area contributed by atoms with E-state index in [-0.39, 0.29) is 23.0 Å². The maximum absolute atomic E-state index is 12.6. The summed E-state index contributed by atoms with van der Waals surface area (Å²) in [5.41, 5.74) is 1.26. The van der Waals surface area contributed by atoms with Gasteiger partial charge in [-0.1, -0.05) is 19.9 Å². The number of nitrogens with zero attached hydrogens (tertiary/aromatic N) is 1. The summed E-state index contributed by atoms with van der Waals surface area (Å²) in [7, 11) is 0. The Bertz CT molecular complexity index is 785. The molecule has 132 valence electrons. The summed E-state index contributed by atoms with van der Waals surface area (Å²) in [4.78, 5) is 29.8. The van der Waals surface area contributed by atoms with Crippen molar-refractivity contribution in [2.45, 2.75) is 37.7 Å². The van der Waals surface area contributed by atoms with Crippen LogP contribution in [0.25, 0.3) is 10.9 Å². The minimum atomic E-state index is -0.139. The van der Waals surface area contributed by atoms with Gasteiger partial charge in [0, 0.05) is 41.1 Å². The highest BCUT2D eigenvalue weighted by molar-refractivity contribution is 8.13. The lowest BCUT2D eigenvalue weighted by Crippen LogP contribution is -2.31. The Balaban J connectivity index is 1.84.